The number of fused-ring (bicyclic) bond motifs is 2. The Balaban J connectivity index is 1.51. The quantitative estimate of drug-likeness (QED) is 0.930. The van der Waals surface area contributed by atoms with E-state index in [0.717, 1.165) is 19.3 Å². The first-order valence-corrected chi connectivity index (χ1v) is 8.52. The Kier molecular flexibility index (Phi) is 3.58. The molecule has 3 aliphatic rings. The third-order valence-corrected chi connectivity index (χ3v) is 5.65. The fourth-order valence-corrected chi connectivity index (χ4v) is 4.50. The molecule has 2 bridgehead atoms. The van der Waals surface area contributed by atoms with Crippen LogP contribution < -0.4 is 10.2 Å². The highest BCUT2D eigenvalue weighted by Crippen LogP contribution is 2.48. The van der Waals surface area contributed by atoms with Gasteiger partial charge in [0.25, 0.3) is 0 Å². The topological polar surface area (TPSA) is 49.4 Å². The number of amides is 2. The van der Waals surface area contributed by atoms with E-state index in [2.05, 4.69) is 5.32 Å². The van der Waals surface area contributed by atoms with Gasteiger partial charge in [-0.3, -0.25) is 9.59 Å². The van der Waals surface area contributed by atoms with E-state index in [-0.39, 0.29) is 23.4 Å². The SMILES string of the molecule is O=C(Nc1ccc(F)c(N2CCCC2=O)c1)C1CC2CCC1C2. The van der Waals surface area contributed by atoms with Crippen molar-refractivity contribution in [3.8, 4) is 0 Å². The predicted octanol–water partition coefficient (Wildman–Crippen LogP) is 3.33. The molecule has 0 aromatic heterocycles. The molecule has 2 saturated carbocycles. The molecule has 3 fully saturated rings. The van der Waals surface area contributed by atoms with Gasteiger partial charge in [-0.05, 0) is 55.7 Å². The van der Waals surface area contributed by atoms with Crippen molar-refractivity contribution in [1.29, 1.82) is 0 Å². The summed E-state index contributed by atoms with van der Waals surface area (Å²) in [5, 5.41) is 2.93. The molecule has 3 atom stereocenters. The van der Waals surface area contributed by atoms with E-state index in [0.29, 0.717) is 30.5 Å². The lowest BCUT2D eigenvalue weighted by Gasteiger charge is -2.22. The lowest BCUT2D eigenvalue weighted by atomic mass is 9.88. The molecule has 1 aromatic rings. The molecular weight excluding hydrogens is 295 g/mol. The van der Waals surface area contributed by atoms with Gasteiger partial charge >= 0.3 is 0 Å². The molecule has 0 spiro atoms. The minimum absolute atomic E-state index is 0.0440. The number of halogens is 1. The van der Waals surface area contributed by atoms with Gasteiger partial charge in [0, 0.05) is 24.6 Å². The lowest BCUT2D eigenvalue weighted by Crippen LogP contribution is -2.28. The van der Waals surface area contributed by atoms with Crippen molar-refractivity contribution >= 4 is 23.2 Å². The first-order chi connectivity index (χ1) is 11.1. The third kappa shape index (κ3) is 2.62. The second kappa shape index (κ2) is 5.62. The summed E-state index contributed by atoms with van der Waals surface area (Å²) in [5.41, 5.74) is 0.854. The van der Waals surface area contributed by atoms with E-state index in [9.17, 15) is 14.0 Å². The number of nitrogens with one attached hydrogen (secondary N) is 1. The van der Waals surface area contributed by atoms with Crippen LogP contribution in [0.5, 0.6) is 0 Å². The molecule has 5 heteroatoms. The molecule has 1 aromatic carbocycles. The average Bonchev–Trinajstić information content (AvgIpc) is 3.25. The summed E-state index contributed by atoms with van der Waals surface area (Å²) in [6.07, 6.45) is 5.78. The number of carbonyl (C=O) groups excluding carboxylic acids is 2. The first kappa shape index (κ1) is 14.7. The second-order valence-corrected chi connectivity index (χ2v) is 7.09. The van der Waals surface area contributed by atoms with Gasteiger partial charge in [0.1, 0.15) is 5.82 Å². The fraction of sp³-hybridized carbons (Fsp3) is 0.556. The van der Waals surface area contributed by atoms with Gasteiger partial charge in [-0.1, -0.05) is 6.42 Å². The summed E-state index contributed by atoms with van der Waals surface area (Å²) in [6, 6.07) is 4.49. The zero-order valence-electron chi connectivity index (χ0n) is 13.1. The maximum Gasteiger partial charge on any atom is 0.227 e. The van der Waals surface area contributed by atoms with Crippen LogP contribution in [0.1, 0.15) is 38.5 Å². The van der Waals surface area contributed by atoms with Crippen molar-refractivity contribution in [2.24, 2.45) is 17.8 Å². The molecule has 122 valence electrons. The van der Waals surface area contributed by atoms with Crippen LogP contribution in [0.2, 0.25) is 0 Å². The molecule has 1 heterocycles. The van der Waals surface area contributed by atoms with Crippen LogP contribution in [0, 0.1) is 23.6 Å². The largest absolute Gasteiger partial charge is 0.326 e. The van der Waals surface area contributed by atoms with E-state index < -0.39 is 5.82 Å². The summed E-state index contributed by atoms with van der Waals surface area (Å²) < 4.78 is 14.0. The maximum atomic E-state index is 14.0. The van der Waals surface area contributed by atoms with Gasteiger partial charge in [0.15, 0.2) is 0 Å². The van der Waals surface area contributed by atoms with Crippen LogP contribution in [0.3, 0.4) is 0 Å². The van der Waals surface area contributed by atoms with Crippen molar-refractivity contribution in [2.75, 3.05) is 16.8 Å². The number of nitrogens with zero attached hydrogens (tertiary/aromatic N) is 1. The highest BCUT2D eigenvalue weighted by atomic mass is 19.1. The van der Waals surface area contributed by atoms with Gasteiger partial charge in [0.2, 0.25) is 11.8 Å². The molecule has 4 rings (SSSR count). The molecular formula is C18H21FN2O2. The van der Waals surface area contributed by atoms with Crippen molar-refractivity contribution in [3.63, 3.8) is 0 Å². The predicted molar refractivity (Wildman–Crippen MR) is 85.6 cm³/mol. The standard InChI is InChI=1S/C18H21FN2O2/c19-15-6-5-13(10-16(15)21-7-1-2-17(21)22)20-18(23)14-9-11-3-4-12(14)8-11/h5-6,10-12,14H,1-4,7-9H2,(H,20,23). The number of carbonyl (C=O) groups is 2. The van der Waals surface area contributed by atoms with Gasteiger partial charge in [-0.2, -0.15) is 0 Å². The van der Waals surface area contributed by atoms with Crippen molar-refractivity contribution in [1.82, 2.24) is 0 Å². The van der Waals surface area contributed by atoms with E-state index >= 15 is 0 Å². The van der Waals surface area contributed by atoms with Crippen molar-refractivity contribution in [3.05, 3.63) is 24.0 Å². The molecule has 3 unspecified atom stereocenters. The molecule has 2 aliphatic carbocycles. The first-order valence-electron chi connectivity index (χ1n) is 8.52. The van der Waals surface area contributed by atoms with Crippen molar-refractivity contribution in [2.45, 2.75) is 38.5 Å². The zero-order chi connectivity index (χ0) is 16.0. The van der Waals surface area contributed by atoms with Gasteiger partial charge in [0.05, 0.1) is 5.69 Å². The van der Waals surface area contributed by atoms with Gasteiger partial charge < -0.3 is 10.2 Å². The number of benzene rings is 1. The highest BCUT2D eigenvalue weighted by molar-refractivity contribution is 5.97. The third-order valence-electron chi connectivity index (χ3n) is 5.65. The molecule has 1 saturated heterocycles. The molecule has 1 aliphatic heterocycles. The number of anilines is 2. The van der Waals surface area contributed by atoms with Crippen LogP contribution in [-0.4, -0.2) is 18.4 Å². The summed E-state index contributed by atoms with van der Waals surface area (Å²) in [4.78, 5) is 25.8. The number of hydrogen-bond donors (Lipinski definition) is 1. The van der Waals surface area contributed by atoms with E-state index in [1.807, 2.05) is 0 Å². The van der Waals surface area contributed by atoms with E-state index in [1.165, 1.54) is 23.8 Å². The molecule has 0 radical (unpaired) electrons. The molecule has 23 heavy (non-hydrogen) atoms. The van der Waals surface area contributed by atoms with Crippen LogP contribution in [0.25, 0.3) is 0 Å². The summed E-state index contributed by atoms with van der Waals surface area (Å²) in [5.74, 6) is 0.888. The Morgan fingerprint density at radius 2 is 2.13 bits per heavy atom. The fourth-order valence-electron chi connectivity index (χ4n) is 4.50. The minimum Gasteiger partial charge on any atom is -0.326 e. The second-order valence-electron chi connectivity index (χ2n) is 7.09. The Morgan fingerprint density at radius 1 is 1.26 bits per heavy atom. The Hall–Kier alpha value is -1.91. The van der Waals surface area contributed by atoms with Crippen LogP contribution in [-0.2, 0) is 9.59 Å². The Labute approximate surface area is 135 Å². The lowest BCUT2D eigenvalue weighted by molar-refractivity contribution is -0.121. The van der Waals surface area contributed by atoms with Crippen LogP contribution in [0.4, 0.5) is 15.8 Å². The summed E-state index contributed by atoms with van der Waals surface area (Å²) in [6.45, 7) is 0.541. The van der Waals surface area contributed by atoms with Crippen molar-refractivity contribution < 1.29 is 14.0 Å². The van der Waals surface area contributed by atoms with Gasteiger partial charge in [-0.25, -0.2) is 4.39 Å². The highest BCUT2D eigenvalue weighted by Gasteiger charge is 2.43. The number of rotatable bonds is 3. The van der Waals surface area contributed by atoms with E-state index in [4.69, 9.17) is 0 Å². The Morgan fingerprint density at radius 3 is 2.78 bits per heavy atom. The normalized spacial score (nSPS) is 29.3. The molecule has 2 amide bonds. The van der Waals surface area contributed by atoms with E-state index in [1.54, 1.807) is 12.1 Å². The molecule has 1 N–H and O–H groups in total. The minimum atomic E-state index is -0.418. The van der Waals surface area contributed by atoms with Crippen LogP contribution >= 0.6 is 0 Å². The Bertz CT molecular complexity index is 660. The monoisotopic (exact) mass is 316 g/mol. The zero-order valence-corrected chi connectivity index (χ0v) is 13.1. The maximum absolute atomic E-state index is 14.0. The smallest absolute Gasteiger partial charge is 0.227 e. The number of hydrogen-bond acceptors (Lipinski definition) is 2. The van der Waals surface area contributed by atoms with Gasteiger partial charge in [-0.15, -0.1) is 0 Å². The van der Waals surface area contributed by atoms with Crippen LogP contribution in [0.15, 0.2) is 18.2 Å². The summed E-state index contributed by atoms with van der Waals surface area (Å²) in [7, 11) is 0. The molecule has 4 nitrogen and oxygen atoms in total. The average molecular weight is 316 g/mol. The summed E-state index contributed by atoms with van der Waals surface area (Å²) >= 11 is 0.